The van der Waals surface area contributed by atoms with E-state index < -0.39 is 0 Å². The molecule has 4 aromatic carbocycles. The van der Waals surface area contributed by atoms with Gasteiger partial charge in [0.2, 0.25) is 0 Å². The van der Waals surface area contributed by atoms with Gasteiger partial charge in [-0.1, -0.05) is 87.4 Å². The number of carbonyl (C=O) groups excluding carboxylic acids is 4. The SMILES string of the molecule is CC.CC=O.CCC(C)C(=O)c1ccc(C(C)=O)c2c(C=O)ccc(-c3c(C)cc(C)cc3C)c12.Cc1cc(C)c(C)c(C)c1. The van der Waals surface area contributed by atoms with Crippen molar-refractivity contribution < 1.29 is 19.2 Å². The van der Waals surface area contributed by atoms with Gasteiger partial charge in [-0.15, -0.1) is 0 Å². The zero-order valence-corrected chi connectivity index (χ0v) is 29.7. The van der Waals surface area contributed by atoms with Gasteiger partial charge in [0, 0.05) is 33.4 Å². The van der Waals surface area contributed by atoms with Crippen LogP contribution in [-0.4, -0.2) is 24.1 Å². The minimum atomic E-state index is -0.149. The number of carbonyl (C=O) groups is 4. The van der Waals surface area contributed by atoms with Crippen LogP contribution in [0.15, 0.2) is 48.5 Å². The van der Waals surface area contributed by atoms with E-state index in [0.717, 1.165) is 41.2 Å². The third kappa shape index (κ3) is 9.41. The van der Waals surface area contributed by atoms with E-state index in [-0.39, 0.29) is 17.5 Å². The molecule has 0 aliphatic heterocycles. The van der Waals surface area contributed by atoms with Gasteiger partial charge in [0.05, 0.1) is 0 Å². The van der Waals surface area contributed by atoms with Crippen LogP contribution in [0.3, 0.4) is 0 Å². The minimum absolute atomic E-state index is 0.0318. The lowest BCUT2D eigenvalue weighted by Gasteiger charge is -2.20. The van der Waals surface area contributed by atoms with Gasteiger partial charge in [0.1, 0.15) is 6.29 Å². The number of aryl methyl sites for hydroxylation is 6. The number of fused-ring (bicyclic) bond motifs is 1. The lowest BCUT2D eigenvalue weighted by molar-refractivity contribution is -0.106. The molecule has 45 heavy (non-hydrogen) atoms. The molecule has 0 fully saturated rings. The maximum absolute atomic E-state index is 13.3. The van der Waals surface area contributed by atoms with E-state index in [0.29, 0.717) is 27.5 Å². The molecule has 0 saturated heterocycles. The van der Waals surface area contributed by atoms with Crippen LogP contribution in [0.4, 0.5) is 0 Å². The summed E-state index contributed by atoms with van der Waals surface area (Å²) in [6, 6.07) is 15.8. The van der Waals surface area contributed by atoms with Gasteiger partial charge in [-0.25, -0.2) is 0 Å². The number of ketones is 2. The lowest BCUT2D eigenvalue weighted by atomic mass is 9.83. The Balaban J connectivity index is 0.000000560. The van der Waals surface area contributed by atoms with E-state index >= 15 is 0 Å². The molecule has 240 valence electrons. The van der Waals surface area contributed by atoms with E-state index in [4.69, 9.17) is 4.79 Å². The Morgan fingerprint density at radius 2 is 1.16 bits per heavy atom. The number of hydrogen-bond donors (Lipinski definition) is 0. The molecular weight excluding hydrogens is 556 g/mol. The first-order chi connectivity index (χ1) is 21.2. The average molecular weight is 609 g/mol. The minimum Gasteiger partial charge on any atom is -0.304 e. The third-order valence-electron chi connectivity index (χ3n) is 8.04. The van der Waals surface area contributed by atoms with Crippen molar-refractivity contribution in [1.29, 1.82) is 0 Å². The molecule has 4 nitrogen and oxygen atoms in total. The predicted molar refractivity (Wildman–Crippen MR) is 191 cm³/mol. The molecular formula is C41H52O4. The number of benzene rings is 4. The number of aldehydes is 2. The first-order valence-electron chi connectivity index (χ1n) is 15.9. The Kier molecular flexibility index (Phi) is 15.5. The fourth-order valence-electron chi connectivity index (χ4n) is 5.64. The van der Waals surface area contributed by atoms with Gasteiger partial charge in [0.25, 0.3) is 0 Å². The Morgan fingerprint density at radius 1 is 0.711 bits per heavy atom. The molecule has 0 saturated carbocycles. The zero-order chi connectivity index (χ0) is 34.6. The monoisotopic (exact) mass is 608 g/mol. The van der Waals surface area contributed by atoms with E-state index in [1.165, 1.54) is 41.7 Å². The first kappa shape index (κ1) is 38.8. The second kappa shape index (κ2) is 17.9. The van der Waals surface area contributed by atoms with Crippen molar-refractivity contribution in [1.82, 2.24) is 0 Å². The Labute approximate surface area is 271 Å². The highest BCUT2D eigenvalue weighted by Crippen LogP contribution is 2.39. The molecule has 4 aromatic rings. The summed E-state index contributed by atoms with van der Waals surface area (Å²) in [6.45, 7) is 25.6. The molecule has 4 heteroatoms. The van der Waals surface area contributed by atoms with Gasteiger partial charge in [-0.2, -0.15) is 0 Å². The van der Waals surface area contributed by atoms with Crippen LogP contribution >= 0.6 is 0 Å². The molecule has 0 bridgehead atoms. The molecule has 0 N–H and O–H groups in total. The maximum Gasteiger partial charge on any atom is 0.166 e. The van der Waals surface area contributed by atoms with Crippen LogP contribution in [0.5, 0.6) is 0 Å². The van der Waals surface area contributed by atoms with Gasteiger partial charge in [0.15, 0.2) is 17.9 Å². The van der Waals surface area contributed by atoms with Crippen molar-refractivity contribution in [2.75, 3.05) is 0 Å². The summed E-state index contributed by atoms with van der Waals surface area (Å²) in [7, 11) is 0. The van der Waals surface area contributed by atoms with E-state index in [1.807, 2.05) is 33.8 Å². The summed E-state index contributed by atoms with van der Waals surface area (Å²) in [5, 5.41) is 1.27. The van der Waals surface area contributed by atoms with Crippen molar-refractivity contribution >= 4 is 34.9 Å². The lowest BCUT2D eigenvalue weighted by Crippen LogP contribution is -2.12. The highest BCUT2D eigenvalue weighted by Gasteiger charge is 2.24. The number of rotatable bonds is 6. The zero-order valence-electron chi connectivity index (χ0n) is 29.7. The summed E-state index contributed by atoms with van der Waals surface area (Å²) in [4.78, 5) is 46.4. The van der Waals surface area contributed by atoms with Crippen molar-refractivity contribution in [3.63, 3.8) is 0 Å². The smallest absolute Gasteiger partial charge is 0.166 e. The maximum atomic E-state index is 13.3. The van der Waals surface area contributed by atoms with Crippen molar-refractivity contribution in [2.24, 2.45) is 5.92 Å². The predicted octanol–water partition coefficient (Wildman–Crippen LogP) is 10.8. The molecule has 0 heterocycles. The summed E-state index contributed by atoms with van der Waals surface area (Å²) in [6.07, 6.45) is 2.24. The highest BCUT2D eigenvalue weighted by molar-refractivity contribution is 6.22. The van der Waals surface area contributed by atoms with Crippen LogP contribution in [0.25, 0.3) is 21.9 Å². The largest absolute Gasteiger partial charge is 0.304 e. The van der Waals surface area contributed by atoms with Crippen LogP contribution in [0.2, 0.25) is 0 Å². The second-order valence-corrected chi connectivity index (χ2v) is 11.5. The standard InChI is InChI=1S/C27H28O3.C10H14.C2H4O.C2H6/c1-7-16(3)27(30)23-11-10-21(19(6)29)25-20(14-28)8-9-22(26(23)25)24-17(4)12-15(2)13-18(24)5;1-7-5-8(2)10(4)9(3)6-7;1-2-3;1-2/h8-14,16H,7H2,1-6H3;5-6H,1-4H3;2H,1H3;1-2H3. The van der Waals surface area contributed by atoms with Gasteiger partial charge in [-0.05, 0) is 108 Å². The second-order valence-electron chi connectivity index (χ2n) is 11.5. The number of hydrogen-bond acceptors (Lipinski definition) is 4. The number of Topliss-reactive ketones (excluding diaryl/α,β-unsaturated/α-hetero) is 2. The van der Waals surface area contributed by atoms with Crippen LogP contribution in [-0.2, 0) is 4.79 Å². The van der Waals surface area contributed by atoms with Crippen LogP contribution < -0.4 is 0 Å². The average Bonchev–Trinajstić information content (AvgIpc) is 2.99. The Hall–Kier alpha value is -4.18. The Morgan fingerprint density at radius 3 is 1.58 bits per heavy atom. The molecule has 0 amide bonds. The topological polar surface area (TPSA) is 68.3 Å². The summed E-state index contributed by atoms with van der Waals surface area (Å²) in [5.41, 5.74) is 12.4. The van der Waals surface area contributed by atoms with Gasteiger partial charge in [-0.3, -0.25) is 14.4 Å². The van der Waals surface area contributed by atoms with E-state index in [1.54, 1.807) is 18.2 Å². The molecule has 0 radical (unpaired) electrons. The normalized spacial score (nSPS) is 10.7. The van der Waals surface area contributed by atoms with Gasteiger partial charge >= 0.3 is 0 Å². The molecule has 0 aromatic heterocycles. The highest BCUT2D eigenvalue weighted by atomic mass is 16.1. The molecule has 0 aliphatic rings. The summed E-state index contributed by atoms with van der Waals surface area (Å²) in [5.74, 6) is -0.242. The van der Waals surface area contributed by atoms with E-state index in [9.17, 15) is 14.4 Å². The van der Waals surface area contributed by atoms with Crippen LogP contribution in [0, 0.1) is 54.4 Å². The summed E-state index contributed by atoms with van der Waals surface area (Å²) >= 11 is 0. The molecule has 1 atom stereocenters. The molecule has 0 aliphatic carbocycles. The van der Waals surface area contributed by atoms with Crippen LogP contribution in [0.1, 0.15) is 118 Å². The quantitative estimate of drug-likeness (QED) is 0.161. The van der Waals surface area contributed by atoms with E-state index in [2.05, 4.69) is 72.7 Å². The first-order valence-corrected chi connectivity index (χ1v) is 15.9. The van der Waals surface area contributed by atoms with Crippen molar-refractivity contribution in [3.05, 3.63) is 104 Å². The van der Waals surface area contributed by atoms with Gasteiger partial charge < -0.3 is 4.79 Å². The van der Waals surface area contributed by atoms with Crippen molar-refractivity contribution in [2.45, 2.75) is 96.4 Å². The summed E-state index contributed by atoms with van der Waals surface area (Å²) < 4.78 is 0. The fourth-order valence-corrected chi connectivity index (χ4v) is 5.64. The Bertz CT molecular complexity index is 1630. The molecule has 1 unspecified atom stereocenters. The fraction of sp³-hybridized carbons (Fsp3) is 0.366. The third-order valence-corrected chi connectivity index (χ3v) is 8.04. The molecule has 4 rings (SSSR count). The van der Waals surface area contributed by atoms with Crippen molar-refractivity contribution in [3.8, 4) is 11.1 Å². The molecule has 0 spiro atoms.